The van der Waals surface area contributed by atoms with Gasteiger partial charge in [-0.25, -0.2) is 0 Å². The van der Waals surface area contributed by atoms with Gasteiger partial charge >= 0.3 is 0 Å². The second-order valence-electron chi connectivity index (χ2n) is 14.7. The highest BCUT2D eigenvalue weighted by Gasteiger charge is 2.17. The van der Waals surface area contributed by atoms with E-state index in [-0.39, 0.29) is 0 Å². The van der Waals surface area contributed by atoms with Crippen LogP contribution in [0.3, 0.4) is 0 Å². The maximum absolute atomic E-state index is 2.45. The Kier molecular flexibility index (Phi) is 6.15. The van der Waals surface area contributed by atoms with E-state index in [4.69, 9.17) is 0 Å². The van der Waals surface area contributed by atoms with Gasteiger partial charge < -0.3 is 0 Å². The molecule has 0 unspecified atom stereocenters. The zero-order chi connectivity index (χ0) is 35.3. The largest absolute Gasteiger partial charge is 0.0616 e. The van der Waals surface area contributed by atoms with Crippen molar-refractivity contribution in [1.29, 1.82) is 0 Å². The van der Waals surface area contributed by atoms with Gasteiger partial charge in [-0.05, 0) is 143 Å². The summed E-state index contributed by atoms with van der Waals surface area (Å²) in [6.45, 7) is 0. The van der Waals surface area contributed by atoms with Crippen LogP contribution in [-0.2, 0) is 0 Å². The molecule has 12 rings (SSSR count). The normalized spacial score (nSPS) is 12.1. The third kappa shape index (κ3) is 4.14. The van der Waals surface area contributed by atoms with Crippen LogP contribution in [0, 0.1) is 0 Å². The third-order valence-electron chi connectivity index (χ3n) is 12.0. The molecular weight excluding hydrogens is 649 g/mol. The van der Waals surface area contributed by atoms with E-state index in [1.807, 2.05) is 0 Å². The molecule has 0 atom stereocenters. The maximum atomic E-state index is 2.45. The Labute approximate surface area is 312 Å². The molecule has 0 aliphatic carbocycles. The molecule has 54 heavy (non-hydrogen) atoms. The van der Waals surface area contributed by atoms with E-state index in [1.165, 1.54) is 119 Å². The Balaban J connectivity index is 1.16. The first kappa shape index (κ1) is 29.5. The molecule has 0 nitrogen and oxygen atoms in total. The molecule has 12 aromatic rings. The zero-order valence-electron chi connectivity index (χ0n) is 29.5. The fourth-order valence-electron chi connectivity index (χ4n) is 9.61. The molecule has 0 radical (unpaired) electrons. The summed E-state index contributed by atoms with van der Waals surface area (Å²) in [6.07, 6.45) is 0. The molecule has 0 N–H and O–H groups in total. The summed E-state index contributed by atoms with van der Waals surface area (Å²) in [5.74, 6) is 0. The van der Waals surface area contributed by atoms with Crippen LogP contribution >= 0.6 is 0 Å². The minimum atomic E-state index is 1.24. The van der Waals surface area contributed by atoms with Crippen molar-refractivity contribution < 1.29 is 0 Å². The Morgan fingerprint density at radius 3 is 0.778 bits per heavy atom. The molecule has 0 bridgehead atoms. The van der Waals surface area contributed by atoms with Crippen LogP contribution < -0.4 is 0 Å². The van der Waals surface area contributed by atoms with Crippen molar-refractivity contribution in [2.24, 2.45) is 0 Å². The van der Waals surface area contributed by atoms with Crippen molar-refractivity contribution in [3.05, 3.63) is 194 Å². The van der Waals surface area contributed by atoms with Crippen molar-refractivity contribution in [2.75, 3.05) is 0 Å². The van der Waals surface area contributed by atoms with E-state index < -0.39 is 0 Å². The Hall–Kier alpha value is -7.02. The molecule has 0 heterocycles. The van der Waals surface area contributed by atoms with Crippen LogP contribution in [0.2, 0.25) is 0 Å². The van der Waals surface area contributed by atoms with Gasteiger partial charge in [0.05, 0.1) is 0 Å². The summed E-state index contributed by atoms with van der Waals surface area (Å²) in [7, 11) is 0. The first-order chi connectivity index (χ1) is 26.8. The van der Waals surface area contributed by atoms with E-state index in [0.29, 0.717) is 0 Å². The first-order valence-electron chi connectivity index (χ1n) is 18.8. The summed E-state index contributed by atoms with van der Waals surface area (Å²) in [4.78, 5) is 0. The lowest BCUT2D eigenvalue weighted by atomic mass is 9.86. The number of hydrogen-bond acceptors (Lipinski definition) is 0. The lowest BCUT2D eigenvalue weighted by Gasteiger charge is -2.17. The number of fused-ring (bicyclic) bond motifs is 17. The molecule has 0 heteroatoms. The fourth-order valence-corrected chi connectivity index (χ4v) is 9.61. The van der Waals surface area contributed by atoms with E-state index in [0.717, 1.165) is 0 Å². The van der Waals surface area contributed by atoms with Crippen LogP contribution in [0.1, 0.15) is 0 Å². The van der Waals surface area contributed by atoms with Crippen molar-refractivity contribution >= 4 is 97.0 Å². The Morgan fingerprint density at radius 1 is 0.185 bits per heavy atom. The molecule has 0 aromatic heterocycles. The molecule has 0 aliphatic heterocycles. The Bertz CT molecular complexity index is 3250. The Morgan fingerprint density at radius 2 is 0.444 bits per heavy atom. The molecule has 0 saturated heterocycles. The van der Waals surface area contributed by atoms with Crippen LogP contribution in [-0.4, -0.2) is 0 Å². The summed E-state index contributed by atoms with van der Waals surface area (Å²) in [6, 6.07) is 72.4. The highest BCUT2D eigenvalue weighted by molar-refractivity contribution is 6.29. The van der Waals surface area contributed by atoms with Crippen molar-refractivity contribution in [3.63, 3.8) is 0 Å². The summed E-state index contributed by atoms with van der Waals surface area (Å²) in [5, 5.41) is 23.3. The second-order valence-corrected chi connectivity index (χ2v) is 14.7. The quantitative estimate of drug-likeness (QED) is 0.159. The molecule has 0 aliphatic rings. The number of benzene rings is 12. The van der Waals surface area contributed by atoms with Gasteiger partial charge in [-0.15, -0.1) is 0 Å². The molecule has 0 saturated carbocycles. The van der Waals surface area contributed by atoms with Crippen LogP contribution in [0.25, 0.3) is 119 Å². The molecule has 0 fully saturated rings. The predicted octanol–water partition coefficient (Wildman–Crippen LogP) is 15.4. The fraction of sp³-hybridized carbons (Fsp3) is 0. The summed E-state index contributed by atoms with van der Waals surface area (Å²) in [5.41, 5.74) is 4.99. The van der Waals surface area contributed by atoms with Gasteiger partial charge in [0.2, 0.25) is 0 Å². The van der Waals surface area contributed by atoms with E-state index in [2.05, 4.69) is 194 Å². The average molecular weight is 681 g/mol. The highest BCUT2D eigenvalue weighted by atomic mass is 14.2. The van der Waals surface area contributed by atoms with Crippen molar-refractivity contribution in [2.45, 2.75) is 0 Å². The van der Waals surface area contributed by atoms with Gasteiger partial charge in [0.1, 0.15) is 0 Å². The molecule has 0 amide bonds. The summed E-state index contributed by atoms with van der Waals surface area (Å²) >= 11 is 0. The van der Waals surface area contributed by atoms with Gasteiger partial charge in [0.15, 0.2) is 0 Å². The second kappa shape index (κ2) is 11.2. The van der Waals surface area contributed by atoms with Gasteiger partial charge in [-0.3, -0.25) is 0 Å². The molecule has 12 aromatic carbocycles. The van der Waals surface area contributed by atoms with Gasteiger partial charge in [-0.2, -0.15) is 0 Å². The van der Waals surface area contributed by atoms with E-state index in [9.17, 15) is 0 Å². The molecule has 248 valence electrons. The zero-order valence-corrected chi connectivity index (χ0v) is 29.5. The van der Waals surface area contributed by atoms with Gasteiger partial charge in [0, 0.05) is 0 Å². The lowest BCUT2D eigenvalue weighted by molar-refractivity contribution is 1.70. The topological polar surface area (TPSA) is 0 Å². The predicted molar refractivity (Wildman–Crippen MR) is 235 cm³/mol. The average Bonchev–Trinajstić information content (AvgIpc) is 3.25. The molecular formula is C54H32. The SMILES string of the molecule is c1ccc2c(c1)c(-c1ccc3c4ccccc4c4ccccc4c3c1)cc1cc(-c3ccc4c5ccccc5c5ccccc5c4c3)c3ccccc3c12. The highest BCUT2D eigenvalue weighted by Crippen LogP contribution is 2.45. The smallest absolute Gasteiger partial charge is 0.00259 e. The van der Waals surface area contributed by atoms with Gasteiger partial charge in [-0.1, -0.05) is 170 Å². The van der Waals surface area contributed by atoms with Crippen LogP contribution in [0.5, 0.6) is 0 Å². The van der Waals surface area contributed by atoms with Gasteiger partial charge in [0.25, 0.3) is 0 Å². The number of hydrogen-bond donors (Lipinski definition) is 0. The number of rotatable bonds is 2. The standard InChI is InChI=1S/C54H32/c1-3-17-40-36(13-1)38-15-5-7-19-42(38)52-29-33(25-27-46(40)52)50-31-35-32-51(45-22-10-12-24-49(45)54(35)48-23-11-9-21-44(48)50)34-26-28-47-41-18-4-2-14-37(41)39-16-6-8-20-43(39)53(47)30-34/h1-32H. The first-order valence-corrected chi connectivity index (χ1v) is 18.8. The minimum Gasteiger partial charge on any atom is -0.0616 e. The minimum absolute atomic E-state index is 1.24. The lowest BCUT2D eigenvalue weighted by Crippen LogP contribution is -1.90. The maximum Gasteiger partial charge on any atom is -0.00259 e. The summed E-state index contributed by atoms with van der Waals surface area (Å²) < 4.78 is 0. The molecule has 0 spiro atoms. The monoisotopic (exact) mass is 680 g/mol. The third-order valence-corrected chi connectivity index (χ3v) is 12.0. The van der Waals surface area contributed by atoms with Crippen LogP contribution in [0.15, 0.2) is 194 Å². The van der Waals surface area contributed by atoms with Crippen LogP contribution in [0.4, 0.5) is 0 Å². The van der Waals surface area contributed by atoms with Crippen molar-refractivity contribution in [3.8, 4) is 22.3 Å². The van der Waals surface area contributed by atoms with E-state index in [1.54, 1.807) is 0 Å². The van der Waals surface area contributed by atoms with Crippen molar-refractivity contribution in [1.82, 2.24) is 0 Å². The van der Waals surface area contributed by atoms with E-state index >= 15 is 0 Å².